The summed E-state index contributed by atoms with van der Waals surface area (Å²) in [6.45, 7) is 2.18. The number of nitrogens with zero attached hydrogens (tertiary/aromatic N) is 6. The second-order valence-corrected chi connectivity index (χ2v) is 6.62. The lowest BCUT2D eigenvalue weighted by molar-refractivity contribution is 0.290. The molecule has 0 aliphatic heterocycles. The van der Waals surface area contributed by atoms with Crippen LogP contribution in [0.5, 0.6) is 5.88 Å². The second kappa shape index (κ2) is 7.32. The molecule has 8 nitrogen and oxygen atoms in total. The molecule has 0 radical (unpaired) electrons. The lowest BCUT2D eigenvalue weighted by atomic mass is 10.1. The van der Waals surface area contributed by atoms with E-state index in [2.05, 4.69) is 15.5 Å². The quantitative estimate of drug-likeness (QED) is 0.518. The summed E-state index contributed by atoms with van der Waals surface area (Å²) in [5, 5.41) is 12.7. The van der Waals surface area contributed by atoms with Crippen LogP contribution in [0.15, 0.2) is 59.5 Å². The summed E-state index contributed by atoms with van der Waals surface area (Å²) in [5.41, 5.74) is 2.87. The number of aromatic nitrogens is 6. The van der Waals surface area contributed by atoms with E-state index in [4.69, 9.17) is 16.3 Å². The van der Waals surface area contributed by atoms with Gasteiger partial charge in [-0.05, 0) is 41.1 Å². The van der Waals surface area contributed by atoms with Crippen LogP contribution in [-0.4, -0.2) is 29.6 Å². The molecular weight excluding hydrogens is 380 g/mol. The number of ether oxygens (including phenoxy) is 1. The smallest absolute Gasteiger partial charge is 0.368 e. The van der Waals surface area contributed by atoms with Gasteiger partial charge in [0, 0.05) is 24.9 Å². The molecule has 0 fully saturated rings. The summed E-state index contributed by atoms with van der Waals surface area (Å²) < 4.78 is 9.97. The van der Waals surface area contributed by atoms with Crippen molar-refractivity contribution in [3.05, 3.63) is 81.4 Å². The summed E-state index contributed by atoms with van der Waals surface area (Å²) in [5.74, 6) is 0.445. The van der Waals surface area contributed by atoms with Gasteiger partial charge in [-0.25, -0.2) is 9.48 Å². The SMILES string of the molecule is Cc1cccc(-n2nnn(C)c2=O)c1COc1ccn(-c2ccccc2Cl)n1. The van der Waals surface area contributed by atoms with Crippen molar-refractivity contribution in [2.75, 3.05) is 0 Å². The average molecular weight is 397 g/mol. The van der Waals surface area contributed by atoms with Gasteiger partial charge >= 0.3 is 5.69 Å². The Morgan fingerprint density at radius 1 is 1.04 bits per heavy atom. The van der Waals surface area contributed by atoms with E-state index in [1.807, 2.05) is 43.3 Å². The zero-order chi connectivity index (χ0) is 19.7. The first-order chi connectivity index (χ1) is 13.5. The maximum Gasteiger partial charge on any atom is 0.368 e. The summed E-state index contributed by atoms with van der Waals surface area (Å²) in [7, 11) is 1.55. The molecular formula is C19H17ClN6O2. The van der Waals surface area contributed by atoms with E-state index >= 15 is 0 Å². The van der Waals surface area contributed by atoms with E-state index in [1.54, 1.807) is 30.1 Å². The molecule has 2 heterocycles. The van der Waals surface area contributed by atoms with Crippen molar-refractivity contribution in [2.45, 2.75) is 13.5 Å². The largest absolute Gasteiger partial charge is 0.472 e. The van der Waals surface area contributed by atoms with Crippen LogP contribution in [0.2, 0.25) is 5.02 Å². The Bertz CT molecular complexity index is 1190. The molecule has 4 aromatic rings. The molecule has 0 spiro atoms. The molecule has 28 heavy (non-hydrogen) atoms. The predicted octanol–water partition coefficient (Wildman–Crippen LogP) is 2.69. The summed E-state index contributed by atoms with van der Waals surface area (Å²) >= 11 is 6.22. The third-order valence-corrected chi connectivity index (χ3v) is 4.68. The molecule has 0 aliphatic carbocycles. The van der Waals surface area contributed by atoms with Crippen LogP contribution in [0.4, 0.5) is 0 Å². The zero-order valence-electron chi connectivity index (χ0n) is 15.3. The Kier molecular flexibility index (Phi) is 4.70. The standard InChI is InChI=1S/C19H17ClN6O2/c1-13-6-5-9-16(26-19(27)24(2)22-23-26)14(13)12-28-18-10-11-25(21-18)17-8-4-3-7-15(17)20/h3-11H,12H2,1-2H3. The Morgan fingerprint density at radius 2 is 1.82 bits per heavy atom. The number of halogens is 1. The van der Waals surface area contributed by atoms with Gasteiger partial charge in [-0.1, -0.05) is 35.9 Å². The lowest BCUT2D eigenvalue weighted by Crippen LogP contribution is -2.23. The molecule has 2 aromatic carbocycles. The molecule has 0 amide bonds. The fourth-order valence-electron chi connectivity index (χ4n) is 2.84. The normalized spacial score (nSPS) is 11.0. The van der Waals surface area contributed by atoms with Crippen LogP contribution in [0.25, 0.3) is 11.4 Å². The Balaban J connectivity index is 1.61. The van der Waals surface area contributed by atoms with Crippen molar-refractivity contribution < 1.29 is 4.74 Å². The van der Waals surface area contributed by atoms with E-state index in [1.165, 1.54) is 9.36 Å². The molecule has 4 rings (SSSR count). The molecule has 9 heteroatoms. The van der Waals surface area contributed by atoms with Crippen LogP contribution in [0.1, 0.15) is 11.1 Å². The minimum atomic E-state index is -0.324. The highest BCUT2D eigenvalue weighted by Gasteiger charge is 2.14. The number of hydrogen-bond acceptors (Lipinski definition) is 5. The fourth-order valence-corrected chi connectivity index (χ4v) is 3.06. The van der Waals surface area contributed by atoms with Crippen molar-refractivity contribution in [3.63, 3.8) is 0 Å². The first-order valence-electron chi connectivity index (χ1n) is 8.56. The van der Waals surface area contributed by atoms with E-state index in [0.717, 1.165) is 16.8 Å². The minimum absolute atomic E-state index is 0.227. The molecule has 142 valence electrons. The van der Waals surface area contributed by atoms with Gasteiger partial charge in [-0.15, -0.1) is 5.10 Å². The number of hydrogen-bond donors (Lipinski definition) is 0. The highest BCUT2D eigenvalue weighted by Crippen LogP contribution is 2.22. The van der Waals surface area contributed by atoms with Gasteiger partial charge in [-0.3, -0.25) is 0 Å². The van der Waals surface area contributed by atoms with Gasteiger partial charge in [0.2, 0.25) is 5.88 Å². The Hall–Kier alpha value is -3.39. The molecule has 0 atom stereocenters. The van der Waals surface area contributed by atoms with E-state index in [9.17, 15) is 4.79 Å². The highest BCUT2D eigenvalue weighted by molar-refractivity contribution is 6.32. The van der Waals surface area contributed by atoms with E-state index in [-0.39, 0.29) is 12.3 Å². The molecule has 0 saturated heterocycles. The Morgan fingerprint density at radius 3 is 2.57 bits per heavy atom. The minimum Gasteiger partial charge on any atom is -0.472 e. The van der Waals surface area contributed by atoms with Crippen LogP contribution in [0.3, 0.4) is 0 Å². The summed E-state index contributed by atoms with van der Waals surface area (Å²) in [6, 6.07) is 14.8. The fraction of sp³-hybridized carbons (Fsp3) is 0.158. The van der Waals surface area contributed by atoms with Crippen molar-refractivity contribution >= 4 is 11.6 Å². The van der Waals surface area contributed by atoms with Crippen molar-refractivity contribution in [3.8, 4) is 17.3 Å². The topological polar surface area (TPSA) is 79.8 Å². The van der Waals surface area contributed by atoms with E-state index < -0.39 is 0 Å². The first kappa shape index (κ1) is 18.0. The number of para-hydroxylation sites is 1. The zero-order valence-corrected chi connectivity index (χ0v) is 16.0. The van der Waals surface area contributed by atoms with Gasteiger partial charge in [0.05, 0.1) is 16.4 Å². The third-order valence-electron chi connectivity index (χ3n) is 4.36. The maximum absolute atomic E-state index is 12.2. The average Bonchev–Trinajstić information content (AvgIpc) is 3.28. The van der Waals surface area contributed by atoms with Crippen molar-refractivity contribution in [2.24, 2.45) is 7.05 Å². The molecule has 0 bridgehead atoms. The molecule has 2 aromatic heterocycles. The highest BCUT2D eigenvalue weighted by atomic mass is 35.5. The van der Waals surface area contributed by atoms with Gasteiger partial charge < -0.3 is 4.74 Å². The van der Waals surface area contributed by atoms with Crippen LogP contribution in [-0.2, 0) is 13.7 Å². The number of tetrazole rings is 1. The molecule has 0 saturated carbocycles. The first-order valence-corrected chi connectivity index (χ1v) is 8.93. The van der Waals surface area contributed by atoms with Crippen LogP contribution >= 0.6 is 11.6 Å². The summed E-state index contributed by atoms with van der Waals surface area (Å²) in [6.07, 6.45) is 1.78. The summed E-state index contributed by atoms with van der Waals surface area (Å²) in [4.78, 5) is 12.2. The molecule has 0 N–H and O–H groups in total. The third kappa shape index (κ3) is 3.29. The number of aryl methyl sites for hydroxylation is 2. The van der Waals surface area contributed by atoms with Gasteiger partial charge in [-0.2, -0.15) is 9.36 Å². The molecule has 0 aliphatic rings. The van der Waals surface area contributed by atoms with Gasteiger partial charge in [0.15, 0.2) is 0 Å². The second-order valence-electron chi connectivity index (χ2n) is 6.21. The van der Waals surface area contributed by atoms with Crippen molar-refractivity contribution in [1.29, 1.82) is 0 Å². The van der Waals surface area contributed by atoms with E-state index in [0.29, 0.717) is 16.6 Å². The lowest BCUT2D eigenvalue weighted by Gasteiger charge is -2.11. The van der Waals surface area contributed by atoms with Crippen molar-refractivity contribution in [1.82, 2.24) is 29.6 Å². The maximum atomic E-state index is 12.2. The van der Waals surface area contributed by atoms with Gasteiger partial charge in [0.25, 0.3) is 0 Å². The monoisotopic (exact) mass is 396 g/mol. The number of rotatable bonds is 5. The van der Waals surface area contributed by atoms with Gasteiger partial charge in [0.1, 0.15) is 6.61 Å². The Labute approximate surface area is 165 Å². The predicted molar refractivity (Wildman–Crippen MR) is 104 cm³/mol. The van der Waals surface area contributed by atoms with Crippen LogP contribution < -0.4 is 10.4 Å². The molecule has 0 unspecified atom stereocenters. The number of benzene rings is 2. The van der Waals surface area contributed by atoms with Crippen LogP contribution in [0, 0.1) is 6.92 Å².